The molecule has 2 aliphatic rings. The van der Waals surface area contributed by atoms with Crippen molar-refractivity contribution in [3.05, 3.63) is 83.1 Å². The van der Waals surface area contributed by atoms with Gasteiger partial charge in [-0.1, -0.05) is 0 Å². The van der Waals surface area contributed by atoms with Crippen molar-refractivity contribution in [3.63, 3.8) is 0 Å². The van der Waals surface area contributed by atoms with Gasteiger partial charge >= 0.3 is 12.1 Å². The van der Waals surface area contributed by atoms with Crippen molar-refractivity contribution >= 4 is 46.6 Å². The minimum absolute atomic E-state index is 0.0441. The summed E-state index contributed by atoms with van der Waals surface area (Å²) < 4.78 is 10.1. The molecule has 0 atom stereocenters. The third kappa shape index (κ3) is 9.73. The summed E-state index contributed by atoms with van der Waals surface area (Å²) in [6, 6.07) is 15.5. The van der Waals surface area contributed by atoms with E-state index in [1.54, 1.807) is 36.6 Å². The number of carbonyl (C=O) groups excluding carboxylic acids is 4. The molecular formula is C36H41N5O6S2. The Morgan fingerprint density at radius 3 is 1.76 bits per heavy atom. The Morgan fingerprint density at radius 1 is 0.694 bits per heavy atom. The van der Waals surface area contributed by atoms with Gasteiger partial charge in [0, 0.05) is 66.8 Å². The predicted molar refractivity (Wildman–Crippen MR) is 189 cm³/mol. The van der Waals surface area contributed by atoms with Crippen molar-refractivity contribution in [3.8, 4) is 20.9 Å². The van der Waals surface area contributed by atoms with Gasteiger partial charge in [0.05, 0.1) is 28.9 Å². The fourth-order valence-corrected chi connectivity index (χ4v) is 7.56. The van der Waals surface area contributed by atoms with Gasteiger partial charge < -0.3 is 24.6 Å². The zero-order chi connectivity index (χ0) is 34.6. The van der Waals surface area contributed by atoms with E-state index in [2.05, 4.69) is 15.3 Å². The van der Waals surface area contributed by atoms with Crippen molar-refractivity contribution in [2.24, 2.45) is 5.92 Å². The Bertz CT molecular complexity index is 1680. The number of hydrogen-bond acceptors (Lipinski definition) is 10. The summed E-state index contributed by atoms with van der Waals surface area (Å²) >= 11 is 2.96. The number of pyridine rings is 2. The molecule has 0 aliphatic carbocycles. The molecule has 2 fully saturated rings. The molecule has 11 nitrogen and oxygen atoms in total. The second-order valence-corrected chi connectivity index (χ2v) is 13.7. The van der Waals surface area contributed by atoms with Gasteiger partial charge in [0.2, 0.25) is 0 Å². The Labute approximate surface area is 294 Å². The van der Waals surface area contributed by atoms with Crippen LogP contribution in [0.1, 0.15) is 58.9 Å². The van der Waals surface area contributed by atoms with Crippen LogP contribution in [0.5, 0.6) is 0 Å². The average molecular weight is 704 g/mol. The first-order valence-electron chi connectivity index (χ1n) is 16.5. The number of carbonyl (C=O) groups is 4. The van der Waals surface area contributed by atoms with Crippen LogP contribution in [-0.2, 0) is 14.3 Å². The maximum Gasteiger partial charge on any atom is 0.409 e. The van der Waals surface area contributed by atoms with Gasteiger partial charge in [0.15, 0.2) is 0 Å². The number of rotatable bonds is 8. The van der Waals surface area contributed by atoms with Crippen molar-refractivity contribution < 1.29 is 28.7 Å². The first kappa shape index (κ1) is 35.7. The van der Waals surface area contributed by atoms with E-state index in [-0.39, 0.29) is 35.8 Å². The van der Waals surface area contributed by atoms with Crippen LogP contribution in [0.25, 0.3) is 20.9 Å². The number of amides is 3. The second-order valence-electron chi connectivity index (χ2n) is 11.6. The molecule has 0 radical (unpaired) electrons. The van der Waals surface area contributed by atoms with Gasteiger partial charge in [0.1, 0.15) is 0 Å². The maximum atomic E-state index is 12.7. The normalized spacial score (nSPS) is 15.1. The minimum atomic E-state index is -0.271. The highest BCUT2D eigenvalue weighted by atomic mass is 32.1. The Kier molecular flexibility index (Phi) is 12.9. The van der Waals surface area contributed by atoms with Gasteiger partial charge in [-0.3, -0.25) is 24.4 Å². The van der Waals surface area contributed by atoms with E-state index in [1.807, 2.05) is 60.4 Å². The molecule has 258 valence electrons. The Balaban J connectivity index is 0.000000191. The number of ether oxygens (including phenoxy) is 2. The van der Waals surface area contributed by atoms with Crippen LogP contribution >= 0.6 is 22.7 Å². The van der Waals surface area contributed by atoms with Crippen LogP contribution in [0.2, 0.25) is 0 Å². The number of hydrogen-bond donors (Lipinski definition) is 1. The molecule has 6 heterocycles. The minimum Gasteiger partial charge on any atom is -0.466 e. The lowest BCUT2D eigenvalue weighted by Gasteiger charge is -2.31. The Hall–Kier alpha value is -4.62. The van der Waals surface area contributed by atoms with Gasteiger partial charge in [-0.05, 0) is 99.2 Å². The second kappa shape index (κ2) is 17.7. The number of thiophene rings is 2. The maximum absolute atomic E-state index is 12.7. The first-order valence-corrected chi connectivity index (χ1v) is 18.2. The molecule has 2 aliphatic heterocycles. The summed E-state index contributed by atoms with van der Waals surface area (Å²) in [4.78, 5) is 63.7. The van der Waals surface area contributed by atoms with Gasteiger partial charge in [-0.25, -0.2) is 4.79 Å². The van der Waals surface area contributed by atoms with Crippen LogP contribution in [0, 0.1) is 5.92 Å². The molecule has 0 aromatic carbocycles. The van der Waals surface area contributed by atoms with E-state index >= 15 is 0 Å². The summed E-state index contributed by atoms with van der Waals surface area (Å²) in [6.07, 6.45) is 9.54. The highest BCUT2D eigenvalue weighted by Crippen LogP contribution is 2.30. The van der Waals surface area contributed by atoms with Crippen LogP contribution in [0.3, 0.4) is 0 Å². The molecule has 4 aromatic heterocycles. The van der Waals surface area contributed by atoms with E-state index in [0.717, 1.165) is 38.6 Å². The molecule has 13 heteroatoms. The SMILES string of the molecule is CCOC(=O)C1CCN(C(=O)c2ccc(-c3ccncc3)s2)CC1.CCOC(=O)N1CCC(NC(=O)c2ccc(-c3ccncc3)s2)CC1. The van der Waals surface area contributed by atoms with Crippen LogP contribution in [-0.4, -0.2) is 89.1 Å². The van der Waals surface area contributed by atoms with Crippen molar-refractivity contribution in [1.82, 2.24) is 25.1 Å². The third-order valence-electron chi connectivity index (χ3n) is 8.33. The summed E-state index contributed by atoms with van der Waals surface area (Å²) in [6.45, 7) is 6.82. The van der Waals surface area contributed by atoms with Crippen molar-refractivity contribution in [2.75, 3.05) is 39.4 Å². The topological polar surface area (TPSA) is 131 Å². The molecule has 6 rings (SSSR count). The van der Waals surface area contributed by atoms with E-state index in [0.29, 0.717) is 57.1 Å². The lowest BCUT2D eigenvalue weighted by molar-refractivity contribution is -0.149. The molecule has 4 aromatic rings. The number of nitrogens with one attached hydrogen (secondary N) is 1. The van der Waals surface area contributed by atoms with Crippen molar-refractivity contribution in [2.45, 2.75) is 45.6 Å². The number of aromatic nitrogens is 2. The third-order valence-corrected chi connectivity index (χ3v) is 10.6. The molecule has 3 amide bonds. The van der Waals surface area contributed by atoms with Crippen LogP contribution in [0.15, 0.2) is 73.3 Å². The highest BCUT2D eigenvalue weighted by Gasteiger charge is 2.29. The molecule has 0 unspecified atom stereocenters. The van der Waals surface area contributed by atoms with E-state index in [9.17, 15) is 19.2 Å². The summed E-state index contributed by atoms with van der Waals surface area (Å²) in [5, 5.41) is 3.07. The quantitative estimate of drug-likeness (QED) is 0.209. The van der Waals surface area contributed by atoms with Gasteiger partial charge in [-0.2, -0.15) is 0 Å². The van der Waals surface area contributed by atoms with E-state index in [1.165, 1.54) is 22.7 Å². The van der Waals surface area contributed by atoms with Gasteiger partial charge in [0.25, 0.3) is 11.8 Å². The van der Waals surface area contributed by atoms with E-state index in [4.69, 9.17) is 9.47 Å². The monoisotopic (exact) mass is 703 g/mol. The largest absolute Gasteiger partial charge is 0.466 e. The number of esters is 1. The van der Waals surface area contributed by atoms with Gasteiger partial charge in [-0.15, -0.1) is 22.7 Å². The Morgan fingerprint density at radius 2 is 1.20 bits per heavy atom. The number of piperidine rings is 2. The fourth-order valence-electron chi connectivity index (χ4n) is 5.67. The smallest absolute Gasteiger partial charge is 0.409 e. The average Bonchev–Trinajstić information content (AvgIpc) is 3.85. The van der Waals surface area contributed by atoms with Crippen LogP contribution in [0.4, 0.5) is 4.79 Å². The van der Waals surface area contributed by atoms with Crippen molar-refractivity contribution in [1.29, 1.82) is 0 Å². The van der Waals surface area contributed by atoms with E-state index < -0.39 is 0 Å². The number of nitrogens with zero attached hydrogens (tertiary/aromatic N) is 4. The summed E-state index contributed by atoms with van der Waals surface area (Å²) in [7, 11) is 0. The highest BCUT2D eigenvalue weighted by molar-refractivity contribution is 7.17. The summed E-state index contributed by atoms with van der Waals surface area (Å²) in [5.74, 6) is -0.229. The molecule has 1 N–H and O–H groups in total. The standard InChI is InChI=1S/C18H21N3O3S.C18H20N2O3S/c1-2-24-18(23)21-11-7-14(8-12-21)20-17(22)16-4-3-15(25-16)13-5-9-19-10-6-13;1-2-23-18(22)14-7-11-20(12-8-14)17(21)16-4-3-15(24-16)13-5-9-19-10-6-13/h3-6,9-10,14H,2,7-8,11-12H2,1H3,(H,20,22);3-6,9-10,14H,2,7-8,11-12H2,1H3. The lowest BCUT2D eigenvalue weighted by atomic mass is 9.97. The summed E-state index contributed by atoms with van der Waals surface area (Å²) in [5.41, 5.74) is 2.12. The molecule has 2 saturated heterocycles. The molecule has 49 heavy (non-hydrogen) atoms. The molecule has 0 saturated carbocycles. The zero-order valence-electron chi connectivity index (χ0n) is 27.7. The predicted octanol–water partition coefficient (Wildman–Crippen LogP) is 6.39. The molecular weight excluding hydrogens is 663 g/mol. The molecule has 0 bridgehead atoms. The number of likely N-dealkylation sites (tertiary alicyclic amines) is 2. The fraction of sp³-hybridized carbons (Fsp3) is 0.389. The lowest BCUT2D eigenvalue weighted by Crippen LogP contribution is -2.46. The van der Waals surface area contributed by atoms with Crippen LogP contribution < -0.4 is 5.32 Å². The molecule has 0 spiro atoms. The zero-order valence-corrected chi connectivity index (χ0v) is 29.3. The first-order chi connectivity index (χ1) is 23.9.